The van der Waals surface area contributed by atoms with E-state index in [1.165, 1.54) is 29.2 Å². The fraction of sp³-hybridized carbons (Fsp3) is 0.222. The van der Waals surface area contributed by atoms with E-state index in [0.717, 1.165) is 9.21 Å². The Morgan fingerprint density at radius 1 is 1.38 bits per heavy atom. The van der Waals surface area contributed by atoms with Crippen LogP contribution in [0.4, 0.5) is 4.39 Å². The van der Waals surface area contributed by atoms with Crippen LogP contribution in [0.1, 0.15) is 22.3 Å². The Hall–Kier alpha value is -1.83. The van der Waals surface area contributed by atoms with Gasteiger partial charge in [-0.3, -0.25) is 4.79 Å². The summed E-state index contributed by atoms with van der Waals surface area (Å²) in [6, 6.07) is 9.57. The molecule has 0 aliphatic rings. The number of aryl methyl sites for hydroxylation is 1. The first-order valence-corrected chi connectivity index (χ1v) is 10.2. The van der Waals surface area contributed by atoms with Crippen LogP contribution in [0.15, 0.2) is 48.8 Å². The molecule has 2 aromatic heterocycles. The topological polar surface area (TPSA) is 46.9 Å². The second-order valence-corrected chi connectivity index (χ2v) is 8.40. The van der Waals surface area contributed by atoms with Crippen molar-refractivity contribution in [2.75, 3.05) is 5.75 Å². The average molecular weight is 410 g/mol. The van der Waals surface area contributed by atoms with E-state index in [9.17, 15) is 9.18 Å². The van der Waals surface area contributed by atoms with Crippen LogP contribution in [0.3, 0.4) is 0 Å². The molecule has 4 nitrogen and oxygen atoms in total. The van der Waals surface area contributed by atoms with Crippen LogP contribution in [-0.4, -0.2) is 21.2 Å². The minimum atomic E-state index is -0.638. The van der Waals surface area contributed by atoms with Crippen molar-refractivity contribution in [3.8, 4) is 0 Å². The van der Waals surface area contributed by atoms with Gasteiger partial charge in [0.15, 0.2) is 0 Å². The molecule has 3 aromatic rings. The highest BCUT2D eigenvalue weighted by Gasteiger charge is 2.23. The predicted molar refractivity (Wildman–Crippen MR) is 105 cm³/mol. The lowest BCUT2D eigenvalue weighted by molar-refractivity contribution is -0.119. The standard InChI is InChI=1S/C18H17ClFN3OS2/c1-23-9-8-21-18(23)17(13-4-2-3-5-14(13)20)22-16(24)11-25-10-12-6-7-15(19)26-12/h2-9,17H,10-11H2,1H3,(H,22,24). The fourth-order valence-corrected chi connectivity index (χ4v) is 4.56. The molecule has 26 heavy (non-hydrogen) atoms. The Bertz CT molecular complexity index is 896. The van der Waals surface area contributed by atoms with Crippen LogP contribution in [0.5, 0.6) is 0 Å². The van der Waals surface area contributed by atoms with Gasteiger partial charge in [0.1, 0.15) is 17.7 Å². The van der Waals surface area contributed by atoms with E-state index in [2.05, 4.69) is 10.3 Å². The highest BCUT2D eigenvalue weighted by molar-refractivity contribution is 7.99. The molecule has 3 rings (SSSR count). The molecular formula is C18H17ClFN3OS2. The van der Waals surface area contributed by atoms with E-state index in [1.807, 2.05) is 19.2 Å². The van der Waals surface area contributed by atoms with Gasteiger partial charge >= 0.3 is 0 Å². The van der Waals surface area contributed by atoms with Gasteiger partial charge in [-0.2, -0.15) is 0 Å². The molecule has 0 saturated heterocycles. The van der Waals surface area contributed by atoms with Gasteiger partial charge in [0.25, 0.3) is 0 Å². The number of hydrogen-bond donors (Lipinski definition) is 1. The molecule has 0 aliphatic carbocycles. The maximum Gasteiger partial charge on any atom is 0.230 e. The monoisotopic (exact) mass is 409 g/mol. The van der Waals surface area contributed by atoms with E-state index >= 15 is 0 Å². The summed E-state index contributed by atoms with van der Waals surface area (Å²) in [5.41, 5.74) is 0.394. The SMILES string of the molecule is Cn1ccnc1C(NC(=O)CSCc1ccc(Cl)s1)c1ccccc1F. The van der Waals surface area contributed by atoms with Gasteiger partial charge in [-0.15, -0.1) is 23.1 Å². The van der Waals surface area contributed by atoms with E-state index in [0.29, 0.717) is 17.1 Å². The van der Waals surface area contributed by atoms with Crippen molar-refractivity contribution in [1.29, 1.82) is 0 Å². The van der Waals surface area contributed by atoms with Crippen LogP contribution < -0.4 is 5.32 Å². The van der Waals surface area contributed by atoms with Gasteiger partial charge in [0.05, 0.1) is 10.1 Å². The van der Waals surface area contributed by atoms with Crippen LogP contribution in [0.2, 0.25) is 4.34 Å². The van der Waals surface area contributed by atoms with Gasteiger partial charge in [-0.25, -0.2) is 9.37 Å². The summed E-state index contributed by atoms with van der Waals surface area (Å²) in [4.78, 5) is 17.8. The maximum absolute atomic E-state index is 14.3. The van der Waals surface area contributed by atoms with Crippen LogP contribution in [0.25, 0.3) is 0 Å². The van der Waals surface area contributed by atoms with E-state index < -0.39 is 6.04 Å². The number of nitrogens with one attached hydrogen (secondary N) is 1. The first-order chi connectivity index (χ1) is 12.5. The number of carbonyl (C=O) groups excluding carboxylic acids is 1. The summed E-state index contributed by atoms with van der Waals surface area (Å²) >= 11 is 8.90. The lowest BCUT2D eigenvalue weighted by atomic mass is 10.1. The Labute approximate surface area is 164 Å². The quantitative estimate of drug-likeness (QED) is 0.628. The highest BCUT2D eigenvalue weighted by atomic mass is 35.5. The molecule has 1 aromatic carbocycles. The third-order valence-corrected chi connectivity index (χ3v) is 6.14. The van der Waals surface area contributed by atoms with Crippen LogP contribution >= 0.6 is 34.7 Å². The summed E-state index contributed by atoms with van der Waals surface area (Å²) in [6.45, 7) is 0. The lowest BCUT2D eigenvalue weighted by Gasteiger charge is -2.19. The molecule has 2 heterocycles. The highest BCUT2D eigenvalue weighted by Crippen LogP contribution is 2.26. The van der Waals surface area contributed by atoms with E-state index in [4.69, 9.17) is 11.6 Å². The van der Waals surface area contributed by atoms with Crippen molar-refractivity contribution in [2.45, 2.75) is 11.8 Å². The molecule has 136 valence electrons. The third kappa shape index (κ3) is 4.66. The summed E-state index contributed by atoms with van der Waals surface area (Å²) < 4.78 is 16.8. The molecule has 0 fully saturated rings. The first kappa shape index (κ1) is 18.9. The molecule has 0 aliphatic heterocycles. The zero-order valence-corrected chi connectivity index (χ0v) is 16.4. The van der Waals surface area contributed by atoms with Crippen molar-refractivity contribution >= 4 is 40.6 Å². The molecule has 1 amide bonds. The van der Waals surface area contributed by atoms with Crippen molar-refractivity contribution in [3.05, 3.63) is 75.2 Å². The number of imidazole rings is 1. The molecule has 1 unspecified atom stereocenters. The number of halogens is 2. The molecule has 1 atom stereocenters. The number of benzene rings is 1. The number of rotatable bonds is 7. The van der Waals surface area contributed by atoms with Gasteiger partial charge in [0, 0.05) is 35.6 Å². The predicted octanol–water partition coefficient (Wildman–Crippen LogP) is 4.41. The molecule has 0 saturated carbocycles. The third-order valence-electron chi connectivity index (χ3n) is 3.74. The number of aromatic nitrogens is 2. The molecule has 0 bridgehead atoms. The first-order valence-electron chi connectivity index (χ1n) is 7.87. The van der Waals surface area contributed by atoms with Crippen molar-refractivity contribution < 1.29 is 9.18 Å². The summed E-state index contributed by atoms with van der Waals surface area (Å²) in [5, 5.41) is 2.90. The van der Waals surface area contributed by atoms with E-state index in [1.54, 1.807) is 35.2 Å². The Morgan fingerprint density at radius 3 is 2.85 bits per heavy atom. The van der Waals surface area contributed by atoms with Gasteiger partial charge in [0.2, 0.25) is 5.91 Å². The summed E-state index contributed by atoms with van der Waals surface area (Å²) in [6.07, 6.45) is 3.40. The average Bonchev–Trinajstić information content (AvgIpc) is 3.22. The molecular weight excluding hydrogens is 393 g/mol. The molecule has 0 radical (unpaired) electrons. The summed E-state index contributed by atoms with van der Waals surface area (Å²) in [5.74, 6) is 1.01. The lowest BCUT2D eigenvalue weighted by Crippen LogP contribution is -2.32. The maximum atomic E-state index is 14.3. The van der Waals surface area contributed by atoms with Crippen molar-refractivity contribution in [3.63, 3.8) is 0 Å². The smallest absolute Gasteiger partial charge is 0.230 e. The molecule has 0 spiro atoms. The number of carbonyl (C=O) groups is 1. The Balaban J connectivity index is 1.68. The second kappa shape index (κ2) is 8.70. The molecule has 8 heteroatoms. The Kier molecular flexibility index (Phi) is 6.34. The fourth-order valence-electron chi connectivity index (χ4n) is 2.52. The number of thiophene rings is 1. The zero-order chi connectivity index (χ0) is 18.5. The zero-order valence-electron chi connectivity index (χ0n) is 14.0. The van der Waals surface area contributed by atoms with Crippen LogP contribution in [0, 0.1) is 5.82 Å². The number of nitrogens with zero attached hydrogens (tertiary/aromatic N) is 2. The largest absolute Gasteiger partial charge is 0.341 e. The Morgan fingerprint density at radius 2 is 2.19 bits per heavy atom. The van der Waals surface area contributed by atoms with Gasteiger partial charge < -0.3 is 9.88 Å². The van der Waals surface area contributed by atoms with Crippen molar-refractivity contribution in [1.82, 2.24) is 14.9 Å². The number of amides is 1. The van der Waals surface area contributed by atoms with Gasteiger partial charge in [-0.05, 0) is 18.2 Å². The van der Waals surface area contributed by atoms with Gasteiger partial charge in [-0.1, -0.05) is 29.8 Å². The number of thioether (sulfide) groups is 1. The minimum Gasteiger partial charge on any atom is -0.341 e. The normalized spacial score (nSPS) is 12.1. The van der Waals surface area contributed by atoms with Crippen LogP contribution in [-0.2, 0) is 17.6 Å². The second-order valence-electron chi connectivity index (χ2n) is 5.62. The van der Waals surface area contributed by atoms with E-state index in [-0.39, 0.29) is 17.5 Å². The summed E-state index contributed by atoms with van der Waals surface area (Å²) in [7, 11) is 1.82. The van der Waals surface area contributed by atoms with Crippen molar-refractivity contribution in [2.24, 2.45) is 7.05 Å². The molecule has 1 N–H and O–H groups in total. The minimum absolute atomic E-state index is 0.172. The number of hydrogen-bond acceptors (Lipinski definition) is 4.